The number of amides is 1. The van der Waals surface area contributed by atoms with Crippen LogP contribution in [0, 0.1) is 5.92 Å². The summed E-state index contributed by atoms with van der Waals surface area (Å²) in [5.74, 6) is -3.47. The molecule has 1 aromatic heterocycles. The second-order valence-corrected chi connectivity index (χ2v) is 14.9. The highest BCUT2D eigenvalue weighted by atomic mass is 35.5. The molecule has 0 spiro atoms. The molecule has 2 saturated heterocycles. The molecule has 6 rings (SSSR count). The van der Waals surface area contributed by atoms with Crippen LogP contribution in [-0.4, -0.2) is 103 Å². The van der Waals surface area contributed by atoms with E-state index in [2.05, 4.69) is 39.0 Å². The molecule has 0 bridgehead atoms. The van der Waals surface area contributed by atoms with Crippen molar-refractivity contribution in [2.24, 2.45) is 10.9 Å². The van der Waals surface area contributed by atoms with Crippen LogP contribution in [-0.2, 0) is 36.8 Å². The number of halogens is 2. The summed E-state index contributed by atoms with van der Waals surface area (Å²) in [5.41, 5.74) is 2.49. The lowest BCUT2D eigenvalue weighted by atomic mass is 9.74. The molecule has 0 N–H and O–H groups in total. The zero-order chi connectivity index (χ0) is 35.9. The third-order valence-corrected chi connectivity index (χ3v) is 11.6. The van der Waals surface area contributed by atoms with Gasteiger partial charge in [0.1, 0.15) is 5.92 Å². The van der Waals surface area contributed by atoms with Crippen LogP contribution in [0.25, 0.3) is 0 Å². The van der Waals surface area contributed by atoms with E-state index in [1.165, 1.54) is 31.1 Å². The largest absolute Gasteiger partial charge is 0.468 e. The fourth-order valence-electron chi connectivity index (χ4n) is 7.58. The van der Waals surface area contributed by atoms with E-state index < -0.39 is 23.8 Å². The third-order valence-electron chi connectivity index (χ3n) is 10.1. The Morgan fingerprint density at radius 1 is 0.922 bits per heavy atom. The highest BCUT2D eigenvalue weighted by molar-refractivity contribution is 7.09. The van der Waals surface area contributed by atoms with Gasteiger partial charge in [0.2, 0.25) is 5.91 Å². The van der Waals surface area contributed by atoms with Crippen molar-refractivity contribution in [1.82, 2.24) is 19.7 Å². The van der Waals surface area contributed by atoms with E-state index in [0.29, 0.717) is 43.2 Å². The molecule has 0 saturated carbocycles. The number of hydrogen-bond donors (Lipinski definition) is 0. The number of piperazine rings is 1. The zero-order valence-corrected chi connectivity index (χ0v) is 31.3. The van der Waals surface area contributed by atoms with Crippen molar-refractivity contribution in [3.8, 4) is 0 Å². The first-order chi connectivity index (χ1) is 24.8. The molecule has 3 aromatic rings. The molecule has 2 fully saturated rings. The number of rotatable bonds is 11. The van der Waals surface area contributed by atoms with Crippen LogP contribution >= 0.6 is 34.5 Å². The minimum Gasteiger partial charge on any atom is -0.468 e. The number of thiazole rings is 1. The van der Waals surface area contributed by atoms with Gasteiger partial charge in [0.05, 0.1) is 36.9 Å². The molecule has 0 radical (unpaired) electrons. The Hall–Kier alpha value is -3.61. The Kier molecular flexibility index (Phi) is 12.6. The number of aromatic nitrogens is 1. The number of nitrogens with zero attached hydrogens (tertiary/aromatic N) is 5. The highest BCUT2D eigenvalue weighted by Gasteiger charge is 2.46. The molecule has 4 heterocycles. The van der Waals surface area contributed by atoms with Crippen LogP contribution in [0.15, 0.2) is 76.4 Å². The number of aliphatic imine (C=N–C) groups is 1. The molecule has 270 valence electrons. The SMILES string of the molecule is COC(=O)C1=C(CC(=O)N2CCN(C3CCCN(Cc4ccccc4)C3)CC2)N=C(CCc2nccs2)C(C(=O)OC)C1c1c(Cl)cccc1Cl. The Morgan fingerprint density at radius 2 is 1.67 bits per heavy atom. The van der Waals surface area contributed by atoms with Crippen molar-refractivity contribution in [1.29, 1.82) is 0 Å². The van der Waals surface area contributed by atoms with Crippen LogP contribution in [0.1, 0.15) is 47.7 Å². The molecule has 2 aromatic carbocycles. The first-order valence-electron chi connectivity index (χ1n) is 17.3. The summed E-state index contributed by atoms with van der Waals surface area (Å²) < 4.78 is 10.6. The van der Waals surface area contributed by atoms with Crippen LogP contribution in [0.2, 0.25) is 10.0 Å². The van der Waals surface area contributed by atoms with Crippen LogP contribution in [0.5, 0.6) is 0 Å². The molecule has 13 heteroatoms. The number of benzene rings is 2. The second kappa shape index (κ2) is 17.3. The molecular formula is C38H43Cl2N5O5S. The Bertz CT molecular complexity index is 1740. The van der Waals surface area contributed by atoms with E-state index in [-0.39, 0.29) is 33.6 Å². The normalized spacial score (nSPS) is 21.7. The van der Waals surface area contributed by atoms with Gasteiger partial charge in [-0.3, -0.25) is 24.4 Å². The first kappa shape index (κ1) is 37.2. The second-order valence-electron chi connectivity index (χ2n) is 13.1. The molecule has 3 atom stereocenters. The van der Waals surface area contributed by atoms with Gasteiger partial charge in [-0.25, -0.2) is 9.78 Å². The predicted molar refractivity (Wildman–Crippen MR) is 199 cm³/mol. The smallest absolute Gasteiger partial charge is 0.336 e. The quantitative estimate of drug-likeness (QED) is 0.219. The van der Waals surface area contributed by atoms with Crippen molar-refractivity contribution in [3.63, 3.8) is 0 Å². The summed E-state index contributed by atoms with van der Waals surface area (Å²) in [4.78, 5) is 57.5. The summed E-state index contributed by atoms with van der Waals surface area (Å²) in [5, 5.41) is 3.30. The average molecular weight is 753 g/mol. The Balaban J connectivity index is 1.24. The van der Waals surface area contributed by atoms with E-state index in [0.717, 1.165) is 50.6 Å². The molecule has 3 unspecified atom stereocenters. The maximum Gasteiger partial charge on any atom is 0.336 e. The Labute approximate surface area is 313 Å². The van der Waals surface area contributed by atoms with Gasteiger partial charge in [-0.2, -0.15) is 0 Å². The monoisotopic (exact) mass is 751 g/mol. The maximum atomic E-state index is 14.1. The van der Waals surface area contributed by atoms with E-state index >= 15 is 0 Å². The molecule has 3 aliphatic rings. The molecule has 3 aliphatic heterocycles. The number of piperidine rings is 1. The van der Waals surface area contributed by atoms with Crippen molar-refractivity contribution >= 4 is 58.1 Å². The van der Waals surface area contributed by atoms with Crippen LogP contribution in [0.3, 0.4) is 0 Å². The fourth-order valence-corrected chi connectivity index (χ4v) is 8.83. The molecule has 0 aliphatic carbocycles. The summed E-state index contributed by atoms with van der Waals surface area (Å²) in [6.07, 6.45) is 4.72. The number of hydrogen-bond acceptors (Lipinski definition) is 10. The summed E-state index contributed by atoms with van der Waals surface area (Å²) in [6, 6.07) is 16.0. The van der Waals surface area contributed by atoms with Gasteiger partial charge < -0.3 is 14.4 Å². The lowest BCUT2D eigenvalue weighted by Gasteiger charge is -2.43. The van der Waals surface area contributed by atoms with E-state index in [4.69, 9.17) is 37.7 Å². The number of methoxy groups -OCH3 is 2. The standard InChI is InChI=1S/C38H43Cl2N5O5S/c1-49-37(47)34-29(13-14-31-41-15-21-51-31)42-30(35(38(48)50-2)36(34)33-27(39)11-6-12-28(33)40)22-32(46)45-19-17-44(18-20-45)26-10-7-16-43(24-26)23-25-8-4-3-5-9-25/h3-6,8-9,11-12,15,21,26,34,36H,7,10,13-14,16-20,22-24H2,1-2H3. The summed E-state index contributed by atoms with van der Waals surface area (Å²) >= 11 is 15.0. The minimum absolute atomic E-state index is 0.0774. The van der Waals surface area contributed by atoms with Gasteiger partial charge in [0, 0.05) is 85.0 Å². The summed E-state index contributed by atoms with van der Waals surface area (Å²) in [7, 11) is 2.56. The van der Waals surface area contributed by atoms with E-state index in [1.807, 2.05) is 16.3 Å². The maximum absolute atomic E-state index is 14.1. The molecule has 51 heavy (non-hydrogen) atoms. The average Bonchev–Trinajstić information content (AvgIpc) is 3.68. The number of carbonyl (C=O) groups excluding carboxylic acids is 3. The third kappa shape index (κ3) is 8.72. The van der Waals surface area contributed by atoms with Crippen molar-refractivity contribution in [2.75, 3.05) is 53.5 Å². The molecular weight excluding hydrogens is 709 g/mol. The predicted octanol–water partition coefficient (Wildman–Crippen LogP) is 6.04. The van der Waals surface area contributed by atoms with Crippen molar-refractivity contribution in [3.05, 3.63) is 97.6 Å². The van der Waals surface area contributed by atoms with Gasteiger partial charge in [-0.1, -0.05) is 59.6 Å². The summed E-state index contributed by atoms with van der Waals surface area (Å²) in [6.45, 7) is 5.71. The number of carbonyl (C=O) groups is 3. The lowest BCUT2D eigenvalue weighted by Crippen LogP contribution is -2.55. The zero-order valence-electron chi connectivity index (χ0n) is 28.9. The van der Waals surface area contributed by atoms with Gasteiger partial charge in [0.15, 0.2) is 0 Å². The minimum atomic E-state index is -1.03. The lowest BCUT2D eigenvalue weighted by molar-refractivity contribution is -0.143. The number of ether oxygens (including phenoxy) is 2. The van der Waals surface area contributed by atoms with Gasteiger partial charge in [-0.15, -0.1) is 11.3 Å². The number of esters is 2. The van der Waals surface area contributed by atoms with Crippen molar-refractivity contribution < 1.29 is 23.9 Å². The van der Waals surface area contributed by atoms with Gasteiger partial charge in [-0.05, 0) is 49.1 Å². The number of aryl methyl sites for hydroxylation is 1. The van der Waals surface area contributed by atoms with Gasteiger partial charge >= 0.3 is 11.9 Å². The van der Waals surface area contributed by atoms with E-state index in [9.17, 15) is 14.4 Å². The van der Waals surface area contributed by atoms with Crippen molar-refractivity contribution in [2.45, 2.75) is 50.6 Å². The van der Waals surface area contributed by atoms with Crippen LogP contribution in [0.4, 0.5) is 0 Å². The fraction of sp³-hybridized carbons (Fsp3) is 0.447. The topological polar surface area (TPSA) is 105 Å². The number of likely N-dealkylation sites (tertiary alicyclic amines) is 1. The first-order valence-corrected chi connectivity index (χ1v) is 19.0. The van der Waals surface area contributed by atoms with Crippen LogP contribution < -0.4 is 0 Å². The Morgan fingerprint density at radius 3 is 2.33 bits per heavy atom. The highest BCUT2D eigenvalue weighted by Crippen LogP contribution is 2.46. The van der Waals surface area contributed by atoms with E-state index in [1.54, 1.807) is 24.4 Å². The van der Waals surface area contributed by atoms with Gasteiger partial charge in [0.25, 0.3) is 0 Å². The molecule has 1 amide bonds. The molecule has 10 nitrogen and oxygen atoms in total.